The van der Waals surface area contributed by atoms with Crippen molar-refractivity contribution in [2.75, 3.05) is 19.8 Å². The summed E-state index contributed by atoms with van der Waals surface area (Å²) in [4.78, 5) is 0. The van der Waals surface area contributed by atoms with Gasteiger partial charge in [0, 0.05) is 31.9 Å². The van der Waals surface area contributed by atoms with Crippen LogP contribution in [-0.4, -0.2) is 31.5 Å². The molecule has 0 radical (unpaired) electrons. The van der Waals surface area contributed by atoms with Crippen molar-refractivity contribution in [3.05, 3.63) is 29.8 Å². The van der Waals surface area contributed by atoms with Crippen LogP contribution in [-0.2, 0) is 9.47 Å². The topological polar surface area (TPSA) is 53.7 Å². The maximum absolute atomic E-state index is 6.10. The fourth-order valence-electron chi connectivity index (χ4n) is 2.99. The van der Waals surface area contributed by atoms with Gasteiger partial charge in [-0.05, 0) is 24.6 Å². The third-order valence-corrected chi connectivity index (χ3v) is 4.22. The lowest BCUT2D eigenvalue weighted by Crippen LogP contribution is -2.44. The Kier molecular flexibility index (Phi) is 3.96. The maximum Gasteiger partial charge on any atom is 0.119 e. The van der Waals surface area contributed by atoms with Crippen LogP contribution >= 0.6 is 0 Å². The highest BCUT2D eigenvalue weighted by Gasteiger charge is 2.41. The summed E-state index contributed by atoms with van der Waals surface area (Å²) in [5, 5.41) is 0. The summed E-state index contributed by atoms with van der Waals surface area (Å²) in [7, 11) is 0. The lowest BCUT2D eigenvalue weighted by Gasteiger charge is -2.37. The third kappa shape index (κ3) is 2.97. The van der Waals surface area contributed by atoms with Gasteiger partial charge in [0.25, 0.3) is 0 Å². The molecule has 2 saturated heterocycles. The van der Waals surface area contributed by atoms with Gasteiger partial charge in [0.05, 0.1) is 18.8 Å². The average molecular weight is 277 g/mol. The Morgan fingerprint density at radius 1 is 1.30 bits per heavy atom. The number of ether oxygens (including phenoxy) is 3. The summed E-state index contributed by atoms with van der Waals surface area (Å²) in [5.41, 5.74) is 6.88. The molecule has 4 heteroatoms. The van der Waals surface area contributed by atoms with Crippen LogP contribution < -0.4 is 10.5 Å². The predicted octanol–water partition coefficient (Wildman–Crippen LogP) is 2.42. The van der Waals surface area contributed by atoms with Gasteiger partial charge in [-0.2, -0.15) is 0 Å². The lowest BCUT2D eigenvalue weighted by molar-refractivity contribution is -0.112. The largest absolute Gasteiger partial charge is 0.490 e. The predicted molar refractivity (Wildman–Crippen MR) is 76.8 cm³/mol. The van der Waals surface area contributed by atoms with E-state index in [1.807, 2.05) is 31.2 Å². The Balaban J connectivity index is 1.62. The fourth-order valence-corrected chi connectivity index (χ4v) is 2.99. The third-order valence-electron chi connectivity index (χ3n) is 4.22. The van der Waals surface area contributed by atoms with Crippen LogP contribution in [0.1, 0.15) is 37.8 Å². The SMILES string of the molecule is C[C@@H](N)c1ccc(OC2CCOC3(CCOC3)C2)cc1. The molecule has 20 heavy (non-hydrogen) atoms. The highest BCUT2D eigenvalue weighted by molar-refractivity contribution is 5.29. The average Bonchev–Trinajstić information content (AvgIpc) is 2.87. The molecule has 110 valence electrons. The second-order valence-electron chi connectivity index (χ2n) is 5.92. The zero-order valence-electron chi connectivity index (χ0n) is 12.0. The zero-order chi connectivity index (χ0) is 14.0. The first-order valence-electron chi connectivity index (χ1n) is 7.41. The Morgan fingerprint density at radius 3 is 2.75 bits per heavy atom. The molecule has 1 aromatic carbocycles. The first-order valence-corrected chi connectivity index (χ1v) is 7.41. The van der Waals surface area contributed by atoms with Crippen molar-refractivity contribution in [3.63, 3.8) is 0 Å². The van der Waals surface area contributed by atoms with Gasteiger partial charge in [-0.1, -0.05) is 12.1 Å². The molecule has 2 N–H and O–H groups in total. The summed E-state index contributed by atoms with van der Waals surface area (Å²) in [5.74, 6) is 0.912. The first kappa shape index (κ1) is 13.9. The highest BCUT2D eigenvalue weighted by atomic mass is 16.6. The van der Waals surface area contributed by atoms with E-state index < -0.39 is 0 Å². The van der Waals surface area contributed by atoms with Crippen LogP contribution in [0.2, 0.25) is 0 Å². The van der Waals surface area contributed by atoms with Crippen molar-refractivity contribution < 1.29 is 14.2 Å². The summed E-state index contributed by atoms with van der Waals surface area (Å²) in [6.45, 7) is 4.25. The first-order chi connectivity index (χ1) is 9.67. The van der Waals surface area contributed by atoms with Crippen LogP contribution in [0.4, 0.5) is 0 Å². The van der Waals surface area contributed by atoms with E-state index in [0.29, 0.717) is 6.61 Å². The van der Waals surface area contributed by atoms with Gasteiger partial charge in [-0.3, -0.25) is 0 Å². The molecule has 2 unspecified atom stereocenters. The minimum absolute atomic E-state index is 0.0611. The summed E-state index contributed by atoms with van der Waals surface area (Å²) >= 11 is 0. The van der Waals surface area contributed by atoms with Crippen molar-refractivity contribution >= 4 is 0 Å². The monoisotopic (exact) mass is 277 g/mol. The molecular weight excluding hydrogens is 254 g/mol. The molecular formula is C16H23NO3. The number of hydrogen-bond acceptors (Lipinski definition) is 4. The van der Waals surface area contributed by atoms with Crippen molar-refractivity contribution in [3.8, 4) is 5.75 Å². The summed E-state index contributed by atoms with van der Waals surface area (Å²) < 4.78 is 17.5. The Hall–Kier alpha value is -1.10. The van der Waals surface area contributed by atoms with Crippen molar-refractivity contribution in [1.82, 2.24) is 0 Å². The summed E-state index contributed by atoms with van der Waals surface area (Å²) in [6, 6.07) is 8.14. The molecule has 1 spiro atoms. The Bertz CT molecular complexity index is 438. The molecule has 2 heterocycles. The molecule has 3 rings (SSSR count). The minimum atomic E-state index is -0.103. The van der Waals surface area contributed by atoms with E-state index >= 15 is 0 Å². The van der Waals surface area contributed by atoms with Crippen molar-refractivity contribution in [2.24, 2.45) is 5.73 Å². The van der Waals surface area contributed by atoms with E-state index in [9.17, 15) is 0 Å². The van der Waals surface area contributed by atoms with Gasteiger partial charge < -0.3 is 19.9 Å². The number of rotatable bonds is 3. The molecule has 2 fully saturated rings. The van der Waals surface area contributed by atoms with Crippen LogP contribution in [0.3, 0.4) is 0 Å². The van der Waals surface area contributed by atoms with E-state index in [0.717, 1.165) is 43.8 Å². The second kappa shape index (κ2) is 5.72. The van der Waals surface area contributed by atoms with Crippen molar-refractivity contribution in [1.29, 1.82) is 0 Å². The number of hydrogen-bond donors (Lipinski definition) is 1. The van der Waals surface area contributed by atoms with Crippen LogP contribution in [0.25, 0.3) is 0 Å². The smallest absolute Gasteiger partial charge is 0.119 e. The van der Waals surface area contributed by atoms with E-state index in [4.69, 9.17) is 19.9 Å². The fraction of sp³-hybridized carbons (Fsp3) is 0.625. The minimum Gasteiger partial charge on any atom is -0.490 e. The quantitative estimate of drug-likeness (QED) is 0.922. The normalized spacial score (nSPS) is 31.4. The zero-order valence-corrected chi connectivity index (χ0v) is 12.0. The summed E-state index contributed by atoms with van der Waals surface area (Å²) in [6.07, 6.45) is 3.06. The Morgan fingerprint density at radius 2 is 2.10 bits per heavy atom. The van der Waals surface area contributed by atoms with E-state index in [1.165, 1.54) is 0 Å². The number of benzene rings is 1. The Labute approximate surface area is 120 Å². The van der Waals surface area contributed by atoms with Crippen molar-refractivity contribution in [2.45, 2.75) is 43.9 Å². The standard InChI is InChI=1S/C16H23NO3/c1-12(17)13-2-4-14(5-3-13)20-15-6-8-19-16(10-15)7-9-18-11-16/h2-5,12,15H,6-11,17H2,1H3/t12-,15?,16?/m1/s1. The van der Waals surface area contributed by atoms with E-state index in [1.54, 1.807) is 0 Å². The maximum atomic E-state index is 6.10. The molecule has 0 bridgehead atoms. The van der Waals surface area contributed by atoms with Gasteiger partial charge >= 0.3 is 0 Å². The molecule has 0 amide bonds. The molecule has 0 aliphatic carbocycles. The molecule has 2 aliphatic heterocycles. The molecule has 0 saturated carbocycles. The van der Waals surface area contributed by atoms with Crippen LogP contribution in [0.5, 0.6) is 5.75 Å². The molecule has 3 atom stereocenters. The second-order valence-corrected chi connectivity index (χ2v) is 5.92. The van der Waals surface area contributed by atoms with Gasteiger partial charge in [0.2, 0.25) is 0 Å². The van der Waals surface area contributed by atoms with Gasteiger partial charge in [-0.15, -0.1) is 0 Å². The number of nitrogens with two attached hydrogens (primary N) is 1. The van der Waals surface area contributed by atoms with E-state index in [2.05, 4.69) is 0 Å². The van der Waals surface area contributed by atoms with Gasteiger partial charge in [0.15, 0.2) is 0 Å². The highest BCUT2D eigenvalue weighted by Crippen LogP contribution is 2.34. The van der Waals surface area contributed by atoms with Crippen LogP contribution in [0.15, 0.2) is 24.3 Å². The van der Waals surface area contributed by atoms with Gasteiger partial charge in [-0.25, -0.2) is 0 Å². The molecule has 0 aromatic heterocycles. The van der Waals surface area contributed by atoms with Crippen LogP contribution in [0, 0.1) is 0 Å². The molecule has 4 nitrogen and oxygen atoms in total. The van der Waals surface area contributed by atoms with Gasteiger partial charge in [0.1, 0.15) is 11.9 Å². The molecule has 2 aliphatic rings. The molecule has 1 aromatic rings. The van der Waals surface area contributed by atoms with E-state index in [-0.39, 0.29) is 17.7 Å². The lowest BCUT2D eigenvalue weighted by atomic mass is 9.91.